The van der Waals surface area contributed by atoms with E-state index in [-0.39, 0.29) is 16.8 Å². The number of aromatic nitrogens is 2. The molecule has 1 saturated carbocycles. The van der Waals surface area contributed by atoms with Gasteiger partial charge in [0.2, 0.25) is 0 Å². The van der Waals surface area contributed by atoms with Crippen molar-refractivity contribution in [2.24, 2.45) is 5.92 Å². The molecule has 0 saturated heterocycles. The molecule has 1 aromatic heterocycles. The van der Waals surface area contributed by atoms with Crippen LogP contribution in [0, 0.1) is 5.92 Å². The minimum absolute atomic E-state index is 0.0264. The first-order valence-electron chi connectivity index (χ1n) is 6.83. The molecule has 1 aromatic carbocycles. The van der Waals surface area contributed by atoms with E-state index in [9.17, 15) is 9.59 Å². The van der Waals surface area contributed by atoms with Gasteiger partial charge in [-0.05, 0) is 30.0 Å². The minimum Gasteiger partial charge on any atom is -0.297 e. The van der Waals surface area contributed by atoms with E-state index in [4.69, 9.17) is 23.2 Å². The van der Waals surface area contributed by atoms with Crippen molar-refractivity contribution in [2.75, 3.05) is 0 Å². The molecule has 2 atom stereocenters. The van der Waals surface area contributed by atoms with E-state index in [2.05, 4.69) is 11.9 Å². The van der Waals surface area contributed by atoms with Crippen molar-refractivity contribution in [1.29, 1.82) is 0 Å². The average molecular weight is 325 g/mol. The maximum Gasteiger partial charge on any atom is 0.329 e. The Morgan fingerprint density at radius 1 is 1.33 bits per heavy atom. The Kier molecular flexibility index (Phi) is 3.68. The third-order valence-electron chi connectivity index (χ3n) is 3.94. The van der Waals surface area contributed by atoms with E-state index in [0.29, 0.717) is 22.1 Å². The summed E-state index contributed by atoms with van der Waals surface area (Å²) < 4.78 is 1.29. The van der Waals surface area contributed by atoms with E-state index < -0.39 is 5.69 Å². The summed E-state index contributed by atoms with van der Waals surface area (Å²) in [6.45, 7) is 2.05. The Labute approximate surface area is 131 Å². The molecular weight excluding hydrogens is 311 g/mol. The number of nitrogens with zero attached hydrogens (tertiary/aromatic N) is 1. The average Bonchev–Trinajstić information content (AvgIpc) is 3.17. The van der Waals surface area contributed by atoms with Crippen molar-refractivity contribution in [1.82, 2.24) is 9.55 Å². The van der Waals surface area contributed by atoms with E-state index in [1.54, 1.807) is 24.3 Å². The molecule has 21 heavy (non-hydrogen) atoms. The van der Waals surface area contributed by atoms with Gasteiger partial charge in [-0.25, -0.2) is 4.79 Å². The van der Waals surface area contributed by atoms with Gasteiger partial charge in [-0.2, -0.15) is 0 Å². The quantitative estimate of drug-likeness (QED) is 0.879. The molecule has 0 bridgehead atoms. The van der Waals surface area contributed by atoms with Gasteiger partial charge in [-0.3, -0.25) is 14.3 Å². The lowest BCUT2D eigenvalue weighted by molar-refractivity contribution is 0.592. The fraction of sp³-hybridized carbons (Fsp3) is 0.333. The Morgan fingerprint density at radius 3 is 2.71 bits per heavy atom. The second-order valence-electron chi connectivity index (χ2n) is 5.28. The molecule has 6 heteroatoms. The molecule has 2 unspecified atom stereocenters. The van der Waals surface area contributed by atoms with Crippen molar-refractivity contribution >= 4 is 23.2 Å². The topological polar surface area (TPSA) is 54.9 Å². The molecular formula is C15H14Cl2N2O2. The SMILES string of the molecule is CCC1CC1n1c(=O)[nH]c(Cl)c(-c2cccc(Cl)c2)c1=O. The Bertz CT molecular complexity index is 810. The first-order valence-corrected chi connectivity index (χ1v) is 7.58. The number of hydrogen-bond donors (Lipinski definition) is 1. The normalized spacial score (nSPS) is 20.5. The summed E-state index contributed by atoms with van der Waals surface area (Å²) in [6, 6.07) is 6.85. The van der Waals surface area contributed by atoms with Crippen molar-refractivity contribution in [3.63, 3.8) is 0 Å². The maximum absolute atomic E-state index is 12.7. The molecule has 1 aliphatic carbocycles. The predicted molar refractivity (Wildman–Crippen MR) is 84.2 cm³/mol. The van der Waals surface area contributed by atoms with Crippen LogP contribution in [0.4, 0.5) is 0 Å². The van der Waals surface area contributed by atoms with Crippen molar-refractivity contribution in [2.45, 2.75) is 25.8 Å². The maximum atomic E-state index is 12.7. The minimum atomic E-state index is -0.447. The van der Waals surface area contributed by atoms with Gasteiger partial charge in [0, 0.05) is 11.1 Å². The number of nitrogens with one attached hydrogen (secondary N) is 1. The van der Waals surface area contributed by atoms with Crippen LogP contribution in [0.25, 0.3) is 11.1 Å². The van der Waals surface area contributed by atoms with Gasteiger partial charge in [-0.1, -0.05) is 48.7 Å². The molecule has 0 amide bonds. The highest BCUT2D eigenvalue weighted by molar-refractivity contribution is 6.32. The first-order chi connectivity index (χ1) is 10.0. The molecule has 1 heterocycles. The second kappa shape index (κ2) is 5.35. The van der Waals surface area contributed by atoms with Crippen LogP contribution < -0.4 is 11.2 Å². The fourth-order valence-corrected chi connectivity index (χ4v) is 3.17. The number of H-pyrrole nitrogens is 1. The number of rotatable bonds is 3. The first kappa shape index (κ1) is 14.4. The predicted octanol–water partition coefficient (Wildman–Crippen LogP) is 3.48. The molecule has 0 spiro atoms. The van der Waals surface area contributed by atoms with E-state index in [1.165, 1.54) is 4.57 Å². The summed E-state index contributed by atoms with van der Waals surface area (Å²) in [6.07, 6.45) is 1.81. The van der Waals surface area contributed by atoms with Crippen molar-refractivity contribution in [3.05, 3.63) is 55.3 Å². The van der Waals surface area contributed by atoms with Crippen LogP contribution >= 0.6 is 23.2 Å². The van der Waals surface area contributed by atoms with E-state index in [0.717, 1.165) is 12.8 Å². The van der Waals surface area contributed by atoms with Crippen LogP contribution in [0.2, 0.25) is 10.2 Å². The largest absolute Gasteiger partial charge is 0.329 e. The van der Waals surface area contributed by atoms with Crippen LogP contribution in [-0.4, -0.2) is 9.55 Å². The lowest BCUT2D eigenvalue weighted by atomic mass is 10.1. The summed E-state index contributed by atoms with van der Waals surface area (Å²) in [7, 11) is 0. The summed E-state index contributed by atoms with van der Waals surface area (Å²) in [4.78, 5) is 27.3. The smallest absolute Gasteiger partial charge is 0.297 e. The van der Waals surface area contributed by atoms with Crippen LogP contribution in [-0.2, 0) is 0 Å². The second-order valence-corrected chi connectivity index (χ2v) is 6.09. The number of benzene rings is 1. The number of hydrogen-bond acceptors (Lipinski definition) is 2. The standard InChI is InChI=1S/C15H14Cl2N2O2/c1-2-8-7-11(8)19-14(20)12(13(17)18-15(19)21)9-4-3-5-10(16)6-9/h3-6,8,11H,2,7H2,1H3,(H,18,21). The van der Waals surface area contributed by atoms with Gasteiger partial charge in [0.05, 0.1) is 5.56 Å². The van der Waals surface area contributed by atoms with Crippen LogP contribution in [0.15, 0.2) is 33.9 Å². The van der Waals surface area contributed by atoms with Gasteiger partial charge >= 0.3 is 5.69 Å². The summed E-state index contributed by atoms with van der Waals surface area (Å²) in [5.74, 6) is 0.386. The van der Waals surface area contributed by atoms with Crippen molar-refractivity contribution < 1.29 is 0 Å². The number of halogens is 2. The van der Waals surface area contributed by atoms with E-state index >= 15 is 0 Å². The third kappa shape index (κ3) is 2.54. The molecule has 4 nitrogen and oxygen atoms in total. The van der Waals surface area contributed by atoms with E-state index in [1.807, 2.05) is 0 Å². The highest BCUT2D eigenvalue weighted by atomic mass is 35.5. The van der Waals surface area contributed by atoms with Gasteiger partial charge in [0.1, 0.15) is 5.15 Å². The monoisotopic (exact) mass is 324 g/mol. The Balaban J connectivity index is 2.20. The van der Waals surface area contributed by atoms with Crippen LogP contribution in [0.3, 0.4) is 0 Å². The summed E-state index contributed by atoms with van der Waals surface area (Å²) >= 11 is 12.0. The molecule has 3 rings (SSSR count). The van der Waals surface area contributed by atoms with Crippen molar-refractivity contribution in [3.8, 4) is 11.1 Å². The number of aromatic amines is 1. The Morgan fingerprint density at radius 2 is 2.10 bits per heavy atom. The zero-order chi connectivity index (χ0) is 15.1. The van der Waals surface area contributed by atoms with Gasteiger partial charge in [0.15, 0.2) is 0 Å². The molecule has 2 aromatic rings. The highest BCUT2D eigenvalue weighted by Crippen LogP contribution is 2.44. The van der Waals surface area contributed by atoms with Crippen LogP contribution in [0.5, 0.6) is 0 Å². The zero-order valence-electron chi connectivity index (χ0n) is 11.4. The molecule has 1 aliphatic rings. The Hall–Kier alpha value is -1.52. The molecule has 0 radical (unpaired) electrons. The molecule has 110 valence electrons. The summed E-state index contributed by atoms with van der Waals surface area (Å²) in [5, 5.41) is 0.566. The molecule has 1 fully saturated rings. The highest BCUT2D eigenvalue weighted by Gasteiger charge is 2.39. The van der Waals surface area contributed by atoms with Gasteiger partial charge < -0.3 is 0 Å². The molecule has 1 N–H and O–H groups in total. The van der Waals surface area contributed by atoms with Crippen LogP contribution in [0.1, 0.15) is 25.8 Å². The third-order valence-corrected chi connectivity index (χ3v) is 4.46. The summed E-state index contributed by atoms with van der Waals surface area (Å²) in [5.41, 5.74) is 0.0976. The zero-order valence-corrected chi connectivity index (χ0v) is 12.9. The lowest BCUT2D eigenvalue weighted by Gasteiger charge is -2.09. The molecule has 0 aliphatic heterocycles. The van der Waals surface area contributed by atoms with Gasteiger partial charge in [0.25, 0.3) is 5.56 Å². The van der Waals surface area contributed by atoms with Gasteiger partial charge in [-0.15, -0.1) is 0 Å². The lowest BCUT2D eigenvalue weighted by Crippen LogP contribution is -2.36. The fourth-order valence-electron chi connectivity index (χ4n) is 2.71.